The average Bonchev–Trinajstić information content (AvgIpc) is 3.00. The molecular formula is C17H19FN2OS. The van der Waals surface area contributed by atoms with Crippen LogP contribution in [-0.4, -0.2) is 11.1 Å². The van der Waals surface area contributed by atoms with Gasteiger partial charge in [0.15, 0.2) is 0 Å². The van der Waals surface area contributed by atoms with Crippen molar-refractivity contribution in [3.8, 4) is 6.07 Å². The smallest absolute Gasteiger partial charge is 0.129 e. The number of nitriles is 1. The van der Waals surface area contributed by atoms with Gasteiger partial charge in [0.05, 0.1) is 17.7 Å². The topological polar surface area (TPSA) is 56.0 Å². The van der Waals surface area contributed by atoms with Gasteiger partial charge < -0.3 is 10.4 Å². The maximum atomic E-state index is 14.0. The predicted molar refractivity (Wildman–Crippen MR) is 86.0 cm³/mol. The lowest BCUT2D eigenvalue weighted by molar-refractivity contribution is 0.155. The molecule has 2 aromatic rings. The van der Waals surface area contributed by atoms with Crippen molar-refractivity contribution >= 4 is 11.3 Å². The fourth-order valence-corrected chi connectivity index (χ4v) is 3.19. The second-order valence-electron chi connectivity index (χ2n) is 5.40. The number of aliphatic hydroxyl groups is 1. The SMILES string of the molecule is CC(CC(O)c1cccs1)NC(C)c1ccc(C#N)cc1F. The molecule has 1 heterocycles. The van der Waals surface area contributed by atoms with E-state index in [4.69, 9.17) is 5.26 Å². The van der Waals surface area contributed by atoms with Crippen LogP contribution in [0.3, 0.4) is 0 Å². The van der Waals surface area contributed by atoms with Gasteiger partial charge in [-0.2, -0.15) is 5.26 Å². The first-order valence-corrected chi connectivity index (χ1v) is 8.06. The Morgan fingerprint density at radius 3 is 2.73 bits per heavy atom. The zero-order valence-electron chi connectivity index (χ0n) is 12.6. The van der Waals surface area contributed by atoms with Gasteiger partial charge in [-0.1, -0.05) is 12.1 Å². The highest BCUT2D eigenvalue weighted by atomic mass is 32.1. The van der Waals surface area contributed by atoms with E-state index in [2.05, 4.69) is 5.32 Å². The Kier molecular flexibility index (Phi) is 5.67. The lowest BCUT2D eigenvalue weighted by Crippen LogP contribution is -2.30. The van der Waals surface area contributed by atoms with E-state index in [1.165, 1.54) is 17.4 Å². The summed E-state index contributed by atoms with van der Waals surface area (Å²) in [6.07, 6.45) is 0.0449. The molecule has 0 amide bonds. The molecule has 3 atom stereocenters. The molecule has 0 spiro atoms. The minimum atomic E-state index is -0.513. The second kappa shape index (κ2) is 7.50. The lowest BCUT2D eigenvalue weighted by Gasteiger charge is -2.22. The van der Waals surface area contributed by atoms with Crippen molar-refractivity contribution in [2.24, 2.45) is 0 Å². The van der Waals surface area contributed by atoms with E-state index >= 15 is 0 Å². The van der Waals surface area contributed by atoms with Crippen molar-refractivity contribution in [1.82, 2.24) is 5.32 Å². The highest BCUT2D eigenvalue weighted by Crippen LogP contribution is 2.24. The van der Waals surface area contributed by atoms with Gasteiger partial charge in [0.25, 0.3) is 0 Å². The van der Waals surface area contributed by atoms with Crippen molar-refractivity contribution < 1.29 is 9.50 Å². The molecule has 0 aliphatic heterocycles. The molecule has 0 bridgehead atoms. The number of nitrogens with zero attached hydrogens (tertiary/aromatic N) is 1. The fourth-order valence-electron chi connectivity index (χ4n) is 2.46. The van der Waals surface area contributed by atoms with E-state index < -0.39 is 6.10 Å². The summed E-state index contributed by atoms with van der Waals surface area (Å²) in [5, 5.41) is 24.1. The molecule has 1 aromatic heterocycles. The summed E-state index contributed by atoms with van der Waals surface area (Å²) in [6, 6.07) is 10.1. The standard InChI is InChI=1S/C17H19FN2OS/c1-11(8-16(21)17-4-3-7-22-17)20-12(2)14-6-5-13(10-19)9-15(14)18/h3-7,9,11-12,16,20-21H,8H2,1-2H3. The number of aliphatic hydroxyl groups excluding tert-OH is 1. The number of halogens is 1. The van der Waals surface area contributed by atoms with Crippen LogP contribution in [0, 0.1) is 17.1 Å². The highest BCUT2D eigenvalue weighted by Gasteiger charge is 2.17. The van der Waals surface area contributed by atoms with Crippen LogP contribution in [0.2, 0.25) is 0 Å². The largest absolute Gasteiger partial charge is 0.388 e. The van der Waals surface area contributed by atoms with Gasteiger partial charge in [0.1, 0.15) is 5.82 Å². The predicted octanol–water partition coefficient (Wildman–Crippen LogP) is 3.92. The molecule has 116 valence electrons. The maximum absolute atomic E-state index is 14.0. The molecule has 0 saturated carbocycles. The number of rotatable bonds is 6. The molecule has 0 fully saturated rings. The molecule has 0 aliphatic carbocycles. The van der Waals surface area contributed by atoms with Crippen molar-refractivity contribution in [3.63, 3.8) is 0 Å². The summed E-state index contributed by atoms with van der Waals surface area (Å²) in [6.45, 7) is 3.84. The van der Waals surface area contributed by atoms with E-state index in [-0.39, 0.29) is 17.9 Å². The third-order valence-electron chi connectivity index (χ3n) is 3.58. The summed E-state index contributed by atoms with van der Waals surface area (Å²) in [4.78, 5) is 0.936. The van der Waals surface area contributed by atoms with Gasteiger partial charge in [-0.15, -0.1) is 11.3 Å². The molecule has 2 N–H and O–H groups in total. The minimum absolute atomic E-state index is 0.0298. The third-order valence-corrected chi connectivity index (χ3v) is 4.55. The molecule has 22 heavy (non-hydrogen) atoms. The summed E-state index contributed by atoms with van der Waals surface area (Å²) in [5.41, 5.74) is 0.839. The van der Waals surface area contributed by atoms with Crippen LogP contribution in [0.5, 0.6) is 0 Å². The first kappa shape index (κ1) is 16.6. The number of hydrogen-bond donors (Lipinski definition) is 2. The molecule has 0 radical (unpaired) electrons. The Labute approximate surface area is 134 Å². The molecule has 5 heteroatoms. The van der Waals surface area contributed by atoms with Crippen LogP contribution in [0.15, 0.2) is 35.7 Å². The molecule has 3 nitrogen and oxygen atoms in total. The Bertz CT molecular complexity index is 651. The van der Waals surface area contributed by atoms with Crippen molar-refractivity contribution in [1.29, 1.82) is 5.26 Å². The first-order chi connectivity index (χ1) is 10.5. The van der Waals surface area contributed by atoms with E-state index in [9.17, 15) is 9.50 Å². The number of hydrogen-bond acceptors (Lipinski definition) is 4. The van der Waals surface area contributed by atoms with Gasteiger partial charge in [-0.25, -0.2) is 4.39 Å². The highest BCUT2D eigenvalue weighted by molar-refractivity contribution is 7.10. The van der Waals surface area contributed by atoms with Gasteiger partial charge >= 0.3 is 0 Å². The Morgan fingerprint density at radius 1 is 1.36 bits per heavy atom. The zero-order chi connectivity index (χ0) is 16.1. The molecule has 0 aliphatic rings. The first-order valence-electron chi connectivity index (χ1n) is 7.18. The van der Waals surface area contributed by atoms with Crippen LogP contribution in [0.4, 0.5) is 4.39 Å². The molecular weight excluding hydrogens is 299 g/mol. The van der Waals surface area contributed by atoms with Crippen molar-refractivity contribution in [2.75, 3.05) is 0 Å². The average molecular weight is 318 g/mol. The summed E-state index contributed by atoms with van der Waals surface area (Å²) in [5.74, 6) is -0.384. The van der Waals surface area contributed by atoms with E-state index in [0.29, 0.717) is 17.5 Å². The quantitative estimate of drug-likeness (QED) is 0.848. The Morgan fingerprint density at radius 2 is 2.14 bits per heavy atom. The van der Waals surface area contributed by atoms with E-state index in [1.54, 1.807) is 12.1 Å². The monoisotopic (exact) mass is 318 g/mol. The summed E-state index contributed by atoms with van der Waals surface area (Å²) in [7, 11) is 0. The molecule has 3 unspecified atom stereocenters. The Hall–Kier alpha value is -1.74. The van der Waals surface area contributed by atoms with Gasteiger partial charge in [0.2, 0.25) is 0 Å². The third kappa shape index (κ3) is 4.14. The minimum Gasteiger partial charge on any atom is -0.388 e. The molecule has 1 aromatic carbocycles. The van der Waals surface area contributed by atoms with Crippen LogP contribution in [-0.2, 0) is 0 Å². The van der Waals surface area contributed by atoms with Crippen LogP contribution in [0.1, 0.15) is 48.4 Å². The summed E-state index contributed by atoms with van der Waals surface area (Å²) >= 11 is 1.53. The fraction of sp³-hybridized carbons (Fsp3) is 0.353. The number of thiophene rings is 1. The van der Waals surface area contributed by atoms with Gasteiger partial charge in [-0.05, 0) is 43.8 Å². The zero-order valence-corrected chi connectivity index (χ0v) is 13.4. The van der Waals surface area contributed by atoms with Crippen LogP contribution < -0.4 is 5.32 Å². The Balaban J connectivity index is 1.96. The van der Waals surface area contributed by atoms with E-state index in [0.717, 1.165) is 4.88 Å². The normalized spacial score (nSPS) is 15.0. The van der Waals surface area contributed by atoms with E-state index in [1.807, 2.05) is 37.4 Å². The number of nitrogens with one attached hydrogen (secondary N) is 1. The summed E-state index contributed by atoms with van der Waals surface area (Å²) < 4.78 is 14.0. The van der Waals surface area contributed by atoms with Crippen LogP contribution in [0.25, 0.3) is 0 Å². The molecule has 0 saturated heterocycles. The van der Waals surface area contributed by atoms with Crippen molar-refractivity contribution in [2.45, 2.75) is 38.5 Å². The second-order valence-corrected chi connectivity index (χ2v) is 6.38. The number of benzene rings is 1. The van der Waals surface area contributed by atoms with Crippen molar-refractivity contribution in [3.05, 3.63) is 57.5 Å². The van der Waals surface area contributed by atoms with Gasteiger partial charge in [-0.3, -0.25) is 0 Å². The lowest BCUT2D eigenvalue weighted by atomic mass is 10.0. The van der Waals surface area contributed by atoms with Crippen LogP contribution >= 0.6 is 11.3 Å². The molecule has 2 rings (SSSR count). The van der Waals surface area contributed by atoms with Gasteiger partial charge in [0, 0.05) is 22.5 Å². The maximum Gasteiger partial charge on any atom is 0.129 e.